The van der Waals surface area contributed by atoms with E-state index >= 15 is 0 Å². The van der Waals surface area contributed by atoms with E-state index in [4.69, 9.17) is 9.47 Å². The van der Waals surface area contributed by atoms with E-state index in [-0.39, 0.29) is 0 Å². The summed E-state index contributed by atoms with van der Waals surface area (Å²) in [5, 5.41) is 3.36. The summed E-state index contributed by atoms with van der Waals surface area (Å²) in [6.07, 6.45) is 4.96. The molecule has 0 aliphatic carbocycles. The Labute approximate surface area is 94.5 Å². The van der Waals surface area contributed by atoms with Gasteiger partial charge in [0.15, 0.2) is 0 Å². The number of nitrogens with one attached hydrogen (secondary N) is 1. The summed E-state index contributed by atoms with van der Waals surface area (Å²) in [5.74, 6) is 0. The highest BCUT2D eigenvalue weighted by Gasteiger charge is 1.90. The van der Waals surface area contributed by atoms with Gasteiger partial charge in [0, 0.05) is 13.2 Å². The van der Waals surface area contributed by atoms with Crippen molar-refractivity contribution in [2.24, 2.45) is 0 Å². The van der Waals surface area contributed by atoms with Crippen LogP contribution >= 0.6 is 0 Å². The Bertz CT molecular complexity index is 97.8. The number of hydrogen-bond donors (Lipinski definition) is 1. The van der Waals surface area contributed by atoms with Gasteiger partial charge in [-0.3, -0.25) is 0 Å². The van der Waals surface area contributed by atoms with Crippen LogP contribution in [0.1, 0.15) is 39.5 Å². The van der Waals surface area contributed by atoms with Gasteiger partial charge in [-0.2, -0.15) is 0 Å². The summed E-state index contributed by atoms with van der Waals surface area (Å²) in [7, 11) is 0. The van der Waals surface area contributed by atoms with Gasteiger partial charge >= 0.3 is 0 Å². The van der Waals surface area contributed by atoms with Crippen LogP contribution in [0.25, 0.3) is 0 Å². The molecule has 0 unspecified atom stereocenters. The quantitative estimate of drug-likeness (QED) is 0.508. The van der Waals surface area contributed by atoms with E-state index < -0.39 is 0 Å². The molecule has 0 aromatic rings. The van der Waals surface area contributed by atoms with Gasteiger partial charge in [0.25, 0.3) is 0 Å². The minimum atomic E-state index is 0.719. The van der Waals surface area contributed by atoms with Gasteiger partial charge in [0.05, 0.1) is 19.8 Å². The fraction of sp³-hybridized carbons (Fsp3) is 1.00. The number of unbranched alkanes of at least 4 members (excludes halogenated alkanes) is 2. The summed E-state index contributed by atoms with van der Waals surface area (Å²) in [6, 6.07) is 0. The van der Waals surface area contributed by atoms with Crippen molar-refractivity contribution < 1.29 is 9.47 Å². The Kier molecular flexibility index (Phi) is 13.8. The first-order valence-electron chi connectivity index (χ1n) is 6.28. The monoisotopic (exact) mass is 217 g/mol. The fourth-order valence-electron chi connectivity index (χ4n) is 1.24. The van der Waals surface area contributed by atoms with Crippen LogP contribution in [0.4, 0.5) is 0 Å². The van der Waals surface area contributed by atoms with E-state index in [0.717, 1.165) is 45.9 Å². The zero-order chi connectivity index (χ0) is 11.2. The Morgan fingerprint density at radius 2 is 1.47 bits per heavy atom. The molecule has 0 fully saturated rings. The molecule has 3 heteroatoms. The molecule has 0 aliphatic rings. The zero-order valence-electron chi connectivity index (χ0n) is 10.4. The highest BCUT2D eigenvalue weighted by atomic mass is 16.5. The summed E-state index contributed by atoms with van der Waals surface area (Å²) in [4.78, 5) is 0. The first-order chi connectivity index (χ1) is 7.41. The molecule has 3 nitrogen and oxygen atoms in total. The van der Waals surface area contributed by atoms with Crippen LogP contribution in [0.15, 0.2) is 0 Å². The van der Waals surface area contributed by atoms with E-state index in [9.17, 15) is 0 Å². The van der Waals surface area contributed by atoms with E-state index in [1.165, 1.54) is 19.3 Å². The van der Waals surface area contributed by atoms with Gasteiger partial charge in [-0.1, -0.05) is 26.7 Å². The third kappa shape index (κ3) is 13.9. The van der Waals surface area contributed by atoms with Crippen molar-refractivity contribution in [1.82, 2.24) is 5.32 Å². The standard InChI is InChI=1S/C12H27NO2/c1-3-5-6-7-13-8-10-15-12-11-14-9-4-2/h13H,3-12H2,1-2H3. The summed E-state index contributed by atoms with van der Waals surface area (Å²) < 4.78 is 10.7. The number of ether oxygens (including phenoxy) is 2. The maximum atomic E-state index is 5.40. The van der Waals surface area contributed by atoms with Crippen molar-refractivity contribution in [1.29, 1.82) is 0 Å². The largest absolute Gasteiger partial charge is 0.379 e. The molecule has 92 valence electrons. The molecule has 0 rings (SSSR count). The smallest absolute Gasteiger partial charge is 0.0701 e. The Hall–Kier alpha value is -0.120. The maximum Gasteiger partial charge on any atom is 0.0701 e. The lowest BCUT2D eigenvalue weighted by atomic mass is 10.2. The predicted octanol–water partition coefficient (Wildman–Crippen LogP) is 2.21. The van der Waals surface area contributed by atoms with E-state index in [0.29, 0.717) is 0 Å². The number of hydrogen-bond acceptors (Lipinski definition) is 3. The van der Waals surface area contributed by atoms with Gasteiger partial charge in [-0.25, -0.2) is 0 Å². The van der Waals surface area contributed by atoms with Crippen molar-refractivity contribution in [3.8, 4) is 0 Å². The van der Waals surface area contributed by atoms with Crippen molar-refractivity contribution in [3.63, 3.8) is 0 Å². The molecule has 1 N–H and O–H groups in total. The third-order valence-corrected chi connectivity index (χ3v) is 2.10. The molecule has 0 radical (unpaired) electrons. The van der Waals surface area contributed by atoms with Crippen molar-refractivity contribution in [2.75, 3.05) is 39.5 Å². The second kappa shape index (κ2) is 13.9. The van der Waals surface area contributed by atoms with E-state index in [1.807, 2.05) is 0 Å². The molecular formula is C12H27NO2. The molecule has 0 spiro atoms. The molecule has 0 aromatic carbocycles. The van der Waals surface area contributed by atoms with Gasteiger partial charge < -0.3 is 14.8 Å². The average molecular weight is 217 g/mol. The lowest BCUT2D eigenvalue weighted by molar-refractivity contribution is 0.0491. The van der Waals surface area contributed by atoms with Crippen molar-refractivity contribution >= 4 is 0 Å². The van der Waals surface area contributed by atoms with Crippen LogP contribution in [0.5, 0.6) is 0 Å². The molecule has 0 bridgehead atoms. The first kappa shape index (κ1) is 14.9. The summed E-state index contributed by atoms with van der Waals surface area (Å²) >= 11 is 0. The lowest BCUT2D eigenvalue weighted by Crippen LogP contribution is -2.21. The van der Waals surface area contributed by atoms with Gasteiger partial charge in [0.1, 0.15) is 0 Å². The molecule has 15 heavy (non-hydrogen) atoms. The Morgan fingerprint density at radius 1 is 0.733 bits per heavy atom. The van der Waals surface area contributed by atoms with Crippen LogP contribution in [-0.2, 0) is 9.47 Å². The second-order valence-electron chi connectivity index (χ2n) is 3.68. The van der Waals surface area contributed by atoms with Crippen LogP contribution in [0.3, 0.4) is 0 Å². The molecule has 0 aliphatic heterocycles. The second-order valence-corrected chi connectivity index (χ2v) is 3.68. The lowest BCUT2D eigenvalue weighted by Gasteiger charge is -2.06. The number of rotatable bonds is 12. The molecule has 0 heterocycles. The van der Waals surface area contributed by atoms with Gasteiger partial charge in [0.2, 0.25) is 0 Å². The molecule has 0 saturated heterocycles. The van der Waals surface area contributed by atoms with Crippen molar-refractivity contribution in [2.45, 2.75) is 39.5 Å². The SMILES string of the molecule is CCCCCNCCOCCOCCC. The first-order valence-corrected chi connectivity index (χ1v) is 6.28. The van der Waals surface area contributed by atoms with Gasteiger partial charge in [-0.05, 0) is 19.4 Å². The van der Waals surface area contributed by atoms with Crippen LogP contribution in [0, 0.1) is 0 Å². The van der Waals surface area contributed by atoms with Gasteiger partial charge in [-0.15, -0.1) is 0 Å². The fourth-order valence-corrected chi connectivity index (χ4v) is 1.24. The van der Waals surface area contributed by atoms with Crippen LogP contribution in [-0.4, -0.2) is 39.5 Å². The topological polar surface area (TPSA) is 30.5 Å². The molecule has 0 amide bonds. The maximum absolute atomic E-state index is 5.40. The molecule has 0 atom stereocenters. The minimum Gasteiger partial charge on any atom is -0.379 e. The Balaban J connectivity index is 2.81. The minimum absolute atomic E-state index is 0.719. The Morgan fingerprint density at radius 3 is 2.13 bits per heavy atom. The van der Waals surface area contributed by atoms with Crippen LogP contribution in [0.2, 0.25) is 0 Å². The predicted molar refractivity (Wildman–Crippen MR) is 64.3 cm³/mol. The van der Waals surface area contributed by atoms with Crippen LogP contribution < -0.4 is 5.32 Å². The molecular weight excluding hydrogens is 190 g/mol. The average Bonchev–Trinajstić information content (AvgIpc) is 2.26. The summed E-state index contributed by atoms with van der Waals surface area (Å²) in [5.41, 5.74) is 0. The van der Waals surface area contributed by atoms with E-state index in [1.54, 1.807) is 0 Å². The molecule has 0 aromatic heterocycles. The van der Waals surface area contributed by atoms with E-state index in [2.05, 4.69) is 19.2 Å². The zero-order valence-corrected chi connectivity index (χ0v) is 10.4. The normalized spacial score (nSPS) is 10.8. The third-order valence-electron chi connectivity index (χ3n) is 2.10. The summed E-state index contributed by atoms with van der Waals surface area (Å²) in [6.45, 7) is 9.49. The highest BCUT2D eigenvalue weighted by molar-refractivity contribution is 4.46. The van der Waals surface area contributed by atoms with Crippen molar-refractivity contribution in [3.05, 3.63) is 0 Å². The highest BCUT2D eigenvalue weighted by Crippen LogP contribution is 1.90. The molecule has 0 saturated carbocycles.